The lowest BCUT2D eigenvalue weighted by atomic mass is 9.90. The Morgan fingerprint density at radius 2 is 1.81 bits per heavy atom. The fraction of sp³-hybridized carbons (Fsp3) is 0.438. The largest absolute Gasteiger partial charge is 0.325 e. The van der Waals surface area contributed by atoms with Gasteiger partial charge in [0.2, 0.25) is 0 Å². The van der Waals surface area contributed by atoms with Crippen molar-refractivity contribution >= 4 is 17.7 Å². The Morgan fingerprint density at radius 1 is 1.24 bits per heavy atom. The van der Waals surface area contributed by atoms with Crippen LogP contribution >= 0.6 is 0 Å². The van der Waals surface area contributed by atoms with Gasteiger partial charge in [-0.1, -0.05) is 38.1 Å². The molecule has 2 rings (SSSR count). The molecule has 0 aromatic heterocycles. The zero-order valence-electron chi connectivity index (χ0n) is 12.8. The Hall–Kier alpha value is -2.17. The molecule has 1 saturated heterocycles. The number of nitrogens with one attached hydrogen (secondary N) is 1. The number of hydrogen-bond donors (Lipinski definition) is 1. The molecule has 0 saturated carbocycles. The molecule has 1 aromatic rings. The number of nitrogens with zero attached hydrogens (tertiary/aromatic N) is 1. The van der Waals surface area contributed by atoms with Crippen molar-refractivity contribution in [1.82, 2.24) is 10.2 Å². The van der Waals surface area contributed by atoms with E-state index in [0.29, 0.717) is 5.92 Å². The first kappa shape index (κ1) is 15.2. The molecule has 5 nitrogen and oxygen atoms in total. The van der Waals surface area contributed by atoms with Crippen molar-refractivity contribution in [2.24, 2.45) is 0 Å². The number of urea groups is 1. The first-order valence-corrected chi connectivity index (χ1v) is 6.99. The second-order valence-electron chi connectivity index (χ2n) is 5.93. The number of ketones is 1. The van der Waals surface area contributed by atoms with Gasteiger partial charge < -0.3 is 5.32 Å². The molecule has 0 aliphatic carbocycles. The van der Waals surface area contributed by atoms with E-state index in [9.17, 15) is 14.4 Å². The summed E-state index contributed by atoms with van der Waals surface area (Å²) in [5.41, 5.74) is 0.776. The molecule has 0 spiro atoms. The third-order valence-corrected chi connectivity index (χ3v) is 3.81. The fourth-order valence-electron chi connectivity index (χ4n) is 2.46. The molecule has 1 atom stereocenters. The minimum absolute atomic E-state index is 0.190. The quantitative estimate of drug-likeness (QED) is 0.863. The maximum absolute atomic E-state index is 12.5. The molecule has 0 radical (unpaired) electrons. The number of amides is 3. The minimum Gasteiger partial charge on any atom is -0.319 e. The topological polar surface area (TPSA) is 66.5 Å². The number of imide groups is 1. The van der Waals surface area contributed by atoms with Gasteiger partial charge in [-0.15, -0.1) is 0 Å². The van der Waals surface area contributed by atoms with E-state index >= 15 is 0 Å². The van der Waals surface area contributed by atoms with Gasteiger partial charge in [0.1, 0.15) is 11.3 Å². The average molecular weight is 288 g/mol. The van der Waals surface area contributed by atoms with E-state index in [1.54, 1.807) is 6.92 Å². The Morgan fingerprint density at radius 3 is 2.29 bits per heavy atom. The molecular formula is C16H20N2O3. The van der Waals surface area contributed by atoms with Crippen LogP contribution in [0.2, 0.25) is 0 Å². The Labute approximate surface area is 124 Å². The van der Waals surface area contributed by atoms with Crippen molar-refractivity contribution in [2.45, 2.75) is 39.2 Å². The summed E-state index contributed by atoms with van der Waals surface area (Å²) >= 11 is 0. The number of rotatable bonds is 4. The van der Waals surface area contributed by atoms with Gasteiger partial charge in [0, 0.05) is 0 Å². The summed E-state index contributed by atoms with van der Waals surface area (Å²) < 4.78 is 0. The van der Waals surface area contributed by atoms with Gasteiger partial charge in [-0.2, -0.15) is 0 Å². The molecule has 21 heavy (non-hydrogen) atoms. The van der Waals surface area contributed by atoms with Crippen LogP contribution in [-0.2, 0) is 15.1 Å². The predicted octanol–water partition coefficient (Wildman–Crippen LogP) is 2.17. The normalized spacial score (nSPS) is 21.9. The highest BCUT2D eigenvalue weighted by Crippen LogP contribution is 2.29. The van der Waals surface area contributed by atoms with Gasteiger partial charge in [-0.3, -0.25) is 14.5 Å². The maximum atomic E-state index is 12.5. The maximum Gasteiger partial charge on any atom is 0.325 e. The van der Waals surface area contributed by atoms with Crippen LogP contribution in [0.4, 0.5) is 4.79 Å². The minimum atomic E-state index is -1.11. The highest BCUT2D eigenvalue weighted by molar-refractivity contribution is 6.09. The predicted molar refractivity (Wildman–Crippen MR) is 78.8 cm³/mol. The second-order valence-corrected chi connectivity index (χ2v) is 5.93. The van der Waals surface area contributed by atoms with E-state index in [-0.39, 0.29) is 18.2 Å². The van der Waals surface area contributed by atoms with Crippen LogP contribution in [0.1, 0.15) is 44.7 Å². The third-order valence-electron chi connectivity index (χ3n) is 3.81. The van der Waals surface area contributed by atoms with Crippen molar-refractivity contribution in [2.75, 3.05) is 6.54 Å². The van der Waals surface area contributed by atoms with Crippen LogP contribution in [0.5, 0.6) is 0 Å². The van der Waals surface area contributed by atoms with E-state index < -0.39 is 11.6 Å². The first-order chi connectivity index (χ1) is 9.75. The summed E-state index contributed by atoms with van der Waals surface area (Å²) in [4.78, 5) is 36.6. The van der Waals surface area contributed by atoms with E-state index in [4.69, 9.17) is 0 Å². The second kappa shape index (κ2) is 5.31. The summed E-state index contributed by atoms with van der Waals surface area (Å²) in [5, 5.41) is 2.69. The van der Waals surface area contributed by atoms with E-state index in [1.165, 1.54) is 12.5 Å². The number of Topliss-reactive ketones (excluding diaryl/α,β-unsaturated/α-hetero) is 1. The highest BCUT2D eigenvalue weighted by Gasteiger charge is 2.49. The summed E-state index contributed by atoms with van der Waals surface area (Å²) in [7, 11) is 0. The molecule has 1 unspecified atom stereocenters. The molecule has 1 aliphatic heterocycles. The zero-order valence-corrected chi connectivity index (χ0v) is 12.8. The molecule has 1 heterocycles. The van der Waals surface area contributed by atoms with Crippen molar-refractivity contribution < 1.29 is 14.4 Å². The zero-order chi connectivity index (χ0) is 15.8. The lowest BCUT2D eigenvalue weighted by molar-refractivity contribution is -0.133. The summed E-state index contributed by atoms with van der Waals surface area (Å²) in [6.07, 6.45) is 0. The van der Waals surface area contributed by atoms with Crippen molar-refractivity contribution in [3.63, 3.8) is 0 Å². The number of carbonyl (C=O) groups excluding carboxylic acids is 3. The number of hydrogen-bond acceptors (Lipinski definition) is 3. The smallest absolute Gasteiger partial charge is 0.319 e. The van der Waals surface area contributed by atoms with Crippen molar-refractivity contribution in [3.05, 3.63) is 35.4 Å². The van der Waals surface area contributed by atoms with Crippen LogP contribution in [0.3, 0.4) is 0 Å². The molecule has 1 N–H and O–H groups in total. The molecule has 1 aliphatic rings. The van der Waals surface area contributed by atoms with Gasteiger partial charge in [0.05, 0.1) is 6.54 Å². The van der Waals surface area contributed by atoms with Crippen LogP contribution in [0.25, 0.3) is 0 Å². The van der Waals surface area contributed by atoms with Gasteiger partial charge >= 0.3 is 6.03 Å². The van der Waals surface area contributed by atoms with E-state index in [2.05, 4.69) is 19.2 Å². The fourth-order valence-corrected chi connectivity index (χ4v) is 2.46. The molecule has 1 fully saturated rings. The van der Waals surface area contributed by atoms with Gasteiger partial charge in [-0.05, 0) is 30.9 Å². The standard InChI is InChI=1S/C16H20N2O3/c1-10(2)12-5-7-13(8-6-12)16(4)14(20)18(9-11(3)19)15(21)17-16/h5-8,10H,9H2,1-4H3,(H,17,21). The first-order valence-electron chi connectivity index (χ1n) is 6.99. The highest BCUT2D eigenvalue weighted by atomic mass is 16.2. The number of benzene rings is 1. The molecule has 112 valence electrons. The number of carbonyl (C=O) groups is 3. The lowest BCUT2D eigenvalue weighted by Crippen LogP contribution is -2.41. The molecule has 0 bridgehead atoms. The van der Waals surface area contributed by atoms with Crippen LogP contribution in [0.15, 0.2) is 24.3 Å². The van der Waals surface area contributed by atoms with Crippen LogP contribution in [0, 0.1) is 0 Å². The van der Waals surface area contributed by atoms with Gasteiger partial charge in [-0.25, -0.2) is 4.79 Å². The lowest BCUT2D eigenvalue weighted by Gasteiger charge is -2.22. The molecule has 3 amide bonds. The summed E-state index contributed by atoms with van der Waals surface area (Å²) in [5.74, 6) is -0.215. The van der Waals surface area contributed by atoms with Gasteiger partial charge in [0.25, 0.3) is 5.91 Å². The van der Waals surface area contributed by atoms with E-state index in [0.717, 1.165) is 10.5 Å². The Kier molecular flexibility index (Phi) is 3.85. The third kappa shape index (κ3) is 2.68. The molecule has 1 aromatic carbocycles. The molecular weight excluding hydrogens is 268 g/mol. The van der Waals surface area contributed by atoms with Crippen LogP contribution < -0.4 is 5.32 Å². The monoisotopic (exact) mass is 288 g/mol. The average Bonchev–Trinajstić information content (AvgIpc) is 2.63. The Balaban J connectivity index is 2.32. The SMILES string of the molecule is CC(=O)CN1C(=O)NC(C)(c2ccc(C(C)C)cc2)C1=O. The van der Waals surface area contributed by atoms with Crippen LogP contribution in [-0.4, -0.2) is 29.2 Å². The van der Waals surface area contributed by atoms with Gasteiger partial charge in [0.15, 0.2) is 0 Å². The van der Waals surface area contributed by atoms with Crippen molar-refractivity contribution in [1.29, 1.82) is 0 Å². The Bertz CT molecular complexity index is 592. The van der Waals surface area contributed by atoms with Crippen molar-refractivity contribution in [3.8, 4) is 0 Å². The summed E-state index contributed by atoms with van der Waals surface area (Å²) in [6.45, 7) is 7.01. The van der Waals surface area contributed by atoms with E-state index in [1.807, 2.05) is 24.3 Å². The summed E-state index contributed by atoms with van der Waals surface area (Å²) in [6, 6.07) is 7.09. The molecule has 5 heteroatoms.